The molecule has 0 radical (unpaired) electrons. The van der Waals surface area contributed by atoms with Crippen molar-refractivity contribution in [3.05, 3.63) is 65.6 Å². The summed E-state index contributed by atoms with van der Waals surface area (Å²) < 4.78 is 28.7. The average Bonchev–Trinajstić information content (AvgIpc) is 2.77. The second-order valence-corrected chi connectivity index (χ2v) is 9.94. The molecule has 3 aromatic rings. The van der Waals surface area contributed by atoms with Crippen molar-refractivity contribution in [3.63, 3.8) is 0 Å². The number of hydrogen-bond acceptors (Lipinski definition) is 6. The number of fused-ring (bicyclic) bond motifs is 1. The third-order valence-electron chi connectivity index (χ3n) is 5.00. The van der Waals surface area contributed by atoms with E-state index in [4.69, 9.17) is 0 Å². The highest BCUT2D eigenvalue weighted by Crippen LogP contribution is 2.27. The van der Waals surface area contributed by atoms with Crippen molar-refractivity contribution in [1.29, 1.82) is 0 Å². The number of benzene rings is 1. The van der Waals surface area contributed by atoms with Crippen LogP contribution in [0, 0.1) is 0 Å². The molecule has 0 saturated carbocycles. The van der Waals surface area contributed by atoms with Crippen LogP contribution in [0.15, 0.2) is 75.1 Å². The maximum atomic E-state index is 12.8. The van der Waals surface area contributed by atoms with E-state index in [2.05, 4.69) is 16.5 Å². The van der Waals surface area contributed by atoms with Gasteiger partial charge in [-0.3, -0.25) is 9.36 Å². The van der Waals surface area contributed by atoms with Gasteiger partial charge in [0.1, 0.15) is 9.92 Å². The summed E-state index contributed by atoms with van der Waals surface area (Å²) in [4.78, 5) is 22.0. The fourth-order valence-corrected chi connectivity index (χ4v) is 5.75. The summed E-state index contributed by atoms with van der Waals surface area (Å²) in [5.74, 6) is 0. The number of sulfonamides is 1. The zero-order chi connectivity index (χ0) is 21.1. The van der Waals surface area contributed by atoms with Crippen LogP contribution in [-0.4, -0.2) is 40.3 Å². The Morgan fingerprint density at radius 2 is 1.87 bits per heavy atom. The number of aromatic nitrogens is 3. The minimum atomic E-state index is -3.53. The zero-order valence-corrected chi connectivity index (χ0v) is 18.0. The van der Waals surface area contributed by atoms with Crippen LogP contribution in [0.2, 0.25) is 0 Å². The Morgan fingerprint density at radius 3 is 2.57 bits per heavy atom. The Balaban J connectivity index is 1.65. The number of allylic oxidation sites excluding steroid dienone is 1. The molecule has 2 aromatic heterocycles. The molecule has 0 spiro atoms. The largest absolute Gasteiger partial charge is 0.283 e. The summed E-state index contributed by atoms with van der Waals surface area (Å²) in [7, 11) is -3.53. The fraction of sp³-hybridized carbons (Fsp3) is 0.286. The number of nitrogens with zero attached hydrogens (tertiary/aromatic N) is 4. The first-order valence-electron chi connectivity index (χ1n) is 9.75. The zero-order valence-electron chi connectivity index (χ0n) is 16.4. The molecular weight excluding hydrogens is 420 g/mol. The van der Waals surface area contributed by atoms with E-state index < -0.39 is 10.0 Å². The lowest BCUT2D eigenvalue weighted by atomic mass is 10.2. The number of hydrogen-bond donors (Lipinski definition) is 0. The lowest BCUT2D eigenvalue weighted by Gasteiger charge is -2.25. The molecule has 3 heterocycles. The molecule has 30 heavy (non-hydrogen) atoms. The van der Waals surface area contributed by atoms with E-state index in [1.165, 1.54) is 22.3 Å². The molecule has 0 bridgehead atoms. The first-order chi connectivity index (χ1) is 14.5. The van der Waals surface area contributed by atoms with Crippen molar-refractivity contribution in [2.24, 2.45) is 0 Å². The third kappa shape index (κ3) is 4.05. The lowest BCUT2D eigenvalue weighted by molar-refractivity contribution is 0.346. The van der Waals surface area contributed by atoms with E-state index in [1.54, 1.807) is 41.0 Å². The summed E-state index contributed by atoms with van der Waals surface area (Å²) in [6.07, 6.45) is 5.85. The molecule has 1 aliphatic heterocycles. The SMILES string of the molecule is C=CCn1c(Sc2ccc(S(=O)(=O)N3CCCCC3)cn2)nc2ccccc2c1=O. The van der Waals surface area contributed by atoms with Crippen molar-refractivity contribution in [2.75, 3.05) is 13.1 Å². The topological polar surface area (TPSA) is 85.2 Å². The molecule has 156 valence electrons. The standard InChI is InChI=1S/C21H22N4O3S2/c1-2-12-25-20(26)17-8-4-5-9-18(17)23-21(25)29-19-11-10-16(15-22-19)30(27,28)24-13-6-3-7-14-24/h2,4-5,8-11,15H,1,3,6-7,12-14H2. The molecule has 1 aliphatic rings. The van der Waals surface area contributed by atoms with Gasteiger partial charge in [0.05, 0.1) is 10.9 Å². The van der Waals surface area contributed by atoms with Gasteiger partial charge < -0.3 is 0 Å². The van der Waals surface area contributed by atoms with E-state index in [-0.39, 0.29) is 10.5 Å². The first-order valence-corrected chi connectivity index (χ1v) is 12.0. The highest BCUT2D eigenvalue weighted by atomic mass is 32.2. The maximum absolute atomic E-state index is 12.8. The minimum Gasteiger partial charge on any atom is -0.283 e. The Bertz CT molecular complexity index is 1230. The summed E-state index contributed by atoms with van der Waals surface area (Å²) in [6.45, 7) is 5.14. The third-order valence-corrected chi connectivity index (χ3v) is 7.82. The molecule has 1 saturated heterocycles. The van der Waals surface area contributed by atoms with Gasteiger partial charge in [0.2, 0.25) is 10.0 Å². The van der Waals surface area contributed by atoms with Gasteiger partial charge in [-0.25, -0.2) is 18.4 Å². The van der Waals surface area contributed by atoms with Crippen molar-refractivity contribution in [3.8, 4) is 0 Å². The smallest absolute Gasteiger partial charge is 0.262 e. The Hall–Kier alpha value is -2.49. The molecular formula is C21H22N4O3S2. The van der Waals surface area contributed by atoms with Gasteiger partial charge in [-0.15, -0.1) is 6.58 Å². The van der Waals surface area contributed by atoms with Gasteiger partial charge in [-0.05, 0) is 48.9 Å². The maximum Gasteiger partial charge on any atom is 0.262 e. The van der Waals surface area contributed by atoms with E-state index >= 15 is 0 Å². The van der Waals surface area contributed by atoms with Crippen molar-refractivity contribution < 1.29 is 8.42 Å². The monoisotopic (exact) mass is 442 g/mol. The lowest BCUT2D eigenvalue weighted by Crippen LogP contribution is -2.35. The molecule has 4 rings (SSSR count). The summed E-state index contributed by atoms with van der Waals surface area (Å²) in [6, 6.07) is 10.4. The van der Waals surface area contributed by atoms with Gasteiger partial charge >= 0.3 is 0 Å². The molecule has 7 nitrogen and oxygen atoms in total. The average molecular weight is 443 g/mol. The van der Waals surface area contributed by atoms with Crippen LogP contribution in [0.5, 0.6) is 0 Å². The Labute approximate surface area is 179 Å². The van der Waals surface area contributed by atoms with E-state index in [0.29, 0.717) is 40.7 Å². The predicted molar refractivity (Wildman–Crippen MR) is 117 cm³/mol. The van der Waals surface area contributed by atoms with E-state index in [0.717, 1.165) is 19.3 Å². The molecule has 0 amide bonds. The van der Waals surface area contributed by atoms with Crippen molar-refractivity contribution in [2.45, 2.75) is 40.9 Å². The normalized spacial score (nSPS) is 15.3. The van der Waals surface area contributed by atoms with Crippen LogP contribution < -0.4 is 5.56 Å². The molecule has 0 N–H and O–H groups in total. The highest BCUT2D eigenvalue weighted by molar-refractivity contribution is 7.99. The van der Waals surface area contributed by atoms with Crippen molar-refractivity contribution in [1.82, 2.24) is 18.8 Å². The van der Waals surface area contributed by atoms with Crippen LogP contribution in [-0.2, 0) is 16.6 Å². The molecule has 0 atom stereocenters. The van der Waals surface area contributed by atoms with Gasteiger partial charge in [-0.2, -0.15) is 4.31 Å². The van der Waals surface area contributed by atoms with E-state index in [9.17, 15) is 13.2 Å². The second-order valence-electron chi connectivity index (χ2n) is 7.01. The first kappa shape index (κ1) is 20.8. The van der Waals surface area contributed by atoms with Crippen LogP contribution >= 0.6 is 11.8 Å². The molecule has 1 aromatic carbocycles. The van der Waals surface area contributed by atoms with Crippen LogP contribution in [0.3, 0.4) is 0 Å². The Kier molecular flexibility index (Phi) is 6.03. The quantitative estimate of drug-likeness (QED) is 0.430. The number of piperidine rings is 1. The summed E-state index contributed by atoms with van der Waals surface area (Å²) >= 11 is 1.22. The van der Waals surface area contributed by atoms with Crippen LogP contribution in [0.25, 0.3) is 10.9 Å². The molecule has 9 heteroatoms. The summed E-state index contributed by atoms with van der Waals surface area (Å²) in [5, 5.41) is 1.59. The van der Waals surface area contributed by atoms with Gasteiger partial charge in [0.15, 0.2) is 5.16 Å². The fourth-order valence-electron chi connectivity index (χ4n) is 3.44. The minimum absolute atomic E-state index is 0.146. The number of pyridine rings is 1. The van der Waals surface area contributed by atoms with Gasteiger partial charge in [0, 0.05) is 25.8 Å². The predicted octanol–water partition coefficient (Wildman–Crippen LogP) is 3.30. The highest BCUT2D eigenvalue weighted by Gasteiger charge is 2.26. The molecule has 0 unspecified atom stereocenters. The molecule has 0 aliphatic carbocycles. The molecule has 1 fully saturated rings. The van der Waals surface area contributed by atoms with Crippen LogP contribution in [0.4, 0.5) is 0 Å². The number of rotatable bonds is 6. The van der Waals surface area contributed by atoms with Crippen molar-refractivity contribution >= 4 is 32.7 Å². The van der Waals surface area contributed by atoms with Gasteiger partial charge in [0.25, 0.3) is 5.56 Å². The Morgan fingerprint density at radius 1 is 1.10 bits per heavy atom. The second kappa shape index (κ2) is 8.71. The van der Waals surface area contributed by atoms with Crippen LogP contribution in [0.1, 0.15) is 19.3 Å². The van der Waals surface area contributed by atoms with E-state index in [1.807, 2.05) is 6.07 Å². The number of para-hydroxylation sites is 1. The van der Waals surface area contributed by atoms with Gasteiger partial charge in [-0.1, -0.05) is 24.6 Å². The summed E-state index contributed by atoms with van der Waals surface area (Å²) in [5.41, 5.74) is 0.460.